The van der Waals surface area contributed by atoms with Crippen LogP contribution in [-0.2, 0) is 11.3 Å². The second-order valence-corrected chi connectivity index (χ2v) is 4.89. The first-order valence-corrected chi connectivity index (χ1v) is 6.56. The van der Waals surface area contributed by atoms with Crippen LogP contribution in [0.25, 0.3) is 0 Å². The number of likely N-dealkylation sites (N-methyl/N-ethyl adjacent to an activating group) is 1. The van der Waals surface area contributed by atoms with Gasteiger partial charge >= 0.3 is 0 Å². The highest BCUT2D eigenvalue weighted by Crippen LogP contribution is 2.26. The molecule has 5 heteroatoms. The third-order valence-electron chi connectivity index (χ3n) is 3.29. The summed E-state index contributed by atoms with van der Waals surface area (Å²) in [5.41, 5.74) is 1.08. The molecule has 1 heterocycles. The van der Waals surface area contributed by atoms with E-state index in [0.717, 1.165) is 38.3 Å². The lowest BCUT2D eigenvalue weighted by Gasteiger charge is -2.30. The molecule has 0 radical (unpaired) electrons. The number of hydrogen-bond acceptors (Lipinski definition) is 5. The predicted molar refractivity (Wildman–Crippen MR) is 73.6 cm³/mol. The van der Waals surface area contributed by atoms with Crippen molar-refractivity contribution in [2.45, 2.75) is 12.6 Å². The Labute approximate surface area is 114 Å². The number of benzene rings is 1. The Kier molecular flexibility index (Phi) is 5.01. The lowest BCUT2D eigenvalue weighted by Crippen LogP contribution is -2.44. The number of morpholine rings is 1. The minimum absolute atomic E-state index is 0.170. The van der Waals surface area contributed by atoms with Crippen LogP contribution in [0.1, 0.15) is 5.56 Å². The monoisotopic (exact) mass is 266 g/mol. The Balaban J connectivity index is 1.79. The quantitative estimate of drug-likeness (QED) is 0.826. The third-order valence-corrected chi connectivity index (χ3v) is 3.29. The summed E-state index contributed by atoms with van der Waals surface area (Å²) >= 11 is 0. The van der Waals surface area contributed by atoms with E-state index < -0.39 is 0 Å². The van der Waals surface area contributed by atoms with Gasteiger partial charge in [-0.15, -0.1) is 0 Å². The molecule has 1 aliphatic heterocycles. The minimum Gasteiger partial charge on any atom is -0.504 e. The van der Waals surface area contributed by atoms with Gasteiger partial charge in [-0.25, -0.2) is 0 Å². The fourth-order valence-electron chi connectivity index (χ4n) is 2.20. The summed E-state index contributed by atoms with van der Waals surface area (Å²) in [6, 6.07) is 5.38. The van der Waals surface area contributed by atoms with Crippen molar-refractivity contribution in [3.8, 4) is 11.5 Å². The predicted octanol–water partition coefficient (Wildman–Crippen LogP) is 0.821. The number of ether oxygens (including phenoxy) is 2. The normalized spacial score (nSPS) is 20.4. The Morgan fingerprint density at radius 2 is 2.37 bits per heavy atom. The molecule has 0 spiro atoms. The van der Waals surface area contributed by atoms with E-state index in [1.54, 1.807) is 13.2 Å². The molecular formula is C14H22N2O3. The molecule has 0 bridgehead atoms. The lowest BCUT2D eigenvalue weighted by atomic mass is 10.2. The zero-order chi connectivity index (χ0) is 13.7. The zero-order valence-corrected chi connectivity index (χ0v) is 11.6. The Bertz CT molecular complexity index is 412. The van der Waals surface area contributed by atoms with Crippen LogP contribution in [0.15, 0.2) is 18.2 Å². The number of hydrogen-bond donors (Lipinski definition) is 2. The van der Waals surface area contributed by atoms with Crippen molar-refractivity contribution in [1.82, 2.24) is 10.2 Å². The maximum Gasteiger partial charge on any atom is 0.160 e. The molecule has 106 valence electrons. The van der Waals surface area contributed by atoms with Crippen molar-refractivity contribution in [3.05, 3.63) is 23.8 Å². The first kappa shape index (κ1) is 14.1. The average Bonchev–Trinajstić information content (AvgIpc) is 2.41. The molecule has 1 saturated heterocycles. The lowest BCUT2D eigenvalue weighted by molar-refractivity contribution is -0.0182. The van der Waals surface area contributed by atoms with E-state index in [2.05, 4.69) is 17.3 Å². The summed E-state index contributed by atoms with van der Waals surface area (Å²) in [5, 5.41) is 12.9. The third kappa shape index (κ3) is 4.09. The van der Waals surface area contributed by atoms with E-state index in [4.69, 9.17) is 9.47 Å². The number of nitrogens with one attached hydrogen (secondary N) is 1. The molecule has 0 saturated carbocycles. The van der Waals surface area contributed by atoms with Crippen molar-refractivity contribution in [2.75, 3.05) is 40.4 Å². The van der Waals surface area contributed by atoms with Gasteiger partial charge in [0.2, 0.25) is 0 Å². The smallest absolute Gasteiger partial charge is 0.160 e. The number of aromatic hydroxyl groups is 1. The molecule has 1 aromatic carbocycles. The van der Waals surface area contributed by atoms with Gasteiger partial charge in [-0.1, -0.05) is 6.07 Å². The summed E-state index contributed by atoms with van der Waals surface area (Å²) in [6.07, 6.45) is 0.248. The number of phenols is 1. The fraction of sp³-hybridized carbons (Fsp3) is 0.571. The second-order valence-electron chi connectivity index (χ2n) is 4.89. The highest BCUT2D eigenvalue weighted by atomic mass is 16.5. The van der Waals surface area contributed by atoms with Gasteiger partial charge in [0.1, 0.15) is 0 Å². The summed E-state index contributed by atoms with van der Waals surface area (Å²) in [7, 11) is 3.67. The largest absolute Gasteiger partial charge is 0.504 e. The molecule has 1 fully saturated rings. The molecule has 5 nitrogen and oxygen atoms in total. The van der Waals surface area contributed by atoms with Gasteiger partial charge in [0, 0.05) is 26.2 Å². The second kappa shape index (κ2) is 6.75. The molecule has 0 aliphatic carbocycles. The first-order chi connectivity index (χ1) is 9.19. The molecule has 1 aliphatic rings. The standard InChI is InChI=1S/C14H22N2O3/c1-16-5-6-19-12(10-16)9-15-8-11-3-4-13(17)14(7-11)18-2/h3-4,7,12,15,17H,5-6,8-10H2,1-2H3. The Hall–Kier alpha value is -1.30. The van der Waals surface area contributed by atoms with E-state index >= 15 is 0 Å². The summed E-state index contributed by atoms with van der Waals surface area (Å²) in [4.78, 5) is 2.28. The molecule has 19 heavy (non-hydrogen) atoms. The van der Waals surface area contributed by atoms with E-state index in [9.17, 15) is 5.11 Å². The van der Waals surface area contributed by atoms with Crippen molar-refractivity contribution in [2.24, 2.45) is 0 Å². The highest BCUT2D eigenvalue weighted by molar-refractivity contribution is 5.41. The van der Waals surface area contributed by atoms with Crippen LogP contribution < -0.4 is 10.1 Å². The topological polar surface area (TPSA) is 54.0 Å². The van der Waals surface area contributed by atoms with Crippen LogP contribution in [0, 0.1) is 0 Å². The van der Waals surface area contributed by atoms with Crippen molar-refractivity contribution in [3.63, 3.8) is 0 Å². The Morgan fingerprint density at radius 1 is 1.53 bits per heavy atom. The van der Waals surface area contributed by atoms with Gasteiger partial charge in [-0.3, -0.25) is 0 Å². The summed E-state index contributed by atoms with van der Waals surface area (Å²) in [5.74, 6) is 0.677. The van der Waals surface area contributed by atoms with Crippen molar-refractivity contribution in [1.29, 1.82) is 0 Å². The van der Waals surface area contributed by atoms with E-state index in [1.165, 1.54) is 0 Å². The first-order valence-electron chi connectivity index (χ1n) is 6.56. The fourth-order valence-corrected chi connectivity index (χ4v) is 2.20. The maximum atomic E-state index is 9.52. The van der Waals surface area contributed by atoms with Crippen LogP contribution in [0.5, 0.6) is 11.5 Å². The van der Waals surface area contributed by atoms with Crippen molar-refractivity contribution < 1.29 is 14.6 Å². The zero-order valence-electron chi connectivity index (χ0n) is 11.6. The van der Waals surface area contributed by atoms with Gasteiger partial charge in [0.25, 0.3) is 0 Å². The number of nitrogens with zero attached hydrogens (tertiary/aromatic N) is 1. The van der Waals surface area contributed by atoms with Crippen LogP contribution >= 0.6 is 0 Å². The molecule has 1 aromatic rings. The van der Waals surface area contributed by atoms with E-state index in [0.29, 0.717) is 5.75 Å². The molecule has 2 N–H and O–H groups in total. The van der Waals surface area contributed by atoms with Gasteiger partial charge in [0.05, 0.1) is 19.8 Å². The Morgan fingerprint density at radius 3 is 3.11 bits per heavy atom. The van der Waals surface area contributed by atoms with Crippen LogP contribution in [-0.4, -0.2) is 56.5 Å². The molecule has 2 rings (SSSR count). The van der Waals surface area contributed by atoms with E-state index in [1.807, 2.05) is 12.1 Å². The minimum atomic E-state index is 0.170. The number of phenolic OH excluding ortho intramolecular Hbond substituents is 1. The molecular weight excluding hydrogens is 244 g/mol. The maximum absolute atomic E-state index is 9.52. The van der Waals surface area contributed by atoms with Crippen LogP contribution in [0.3, 0.4) is 0 Å². The van der Waals surface area contributed by atoms with Crippen LogP contribution in [0.4, 0.5) is 0 Å². The van der Waals surface area contributed by atoms with Gasteiger partial charge in [-0.2, -0.15) is 0 Å². The summed E-state index contributed by atoms with van der Waals surface area (Å²) in [6.45, 7) is 4.33. The number of rotatable bonds is 5. The molecule has 1 unspecified atom stereocenters. The average molecular weight is 266 g/mol. The molecule has 1 atom stereocenters. The van der Waals surface area contributed by atoms with Gasteiger partial charge in [-0.05, 0) is 24.7 Å². The van der Waals surface area contributed by atoms with E-state index in [-0.39, 0.29) is 11.9 Å². The number of methoxy groups -OCH3 is 1. The molecule has 0 aromatic heterocycles. The van der Waals surface area contributed by atoms with Gasteiger partial charge in [0.15, 0.2) is 11.5 Å². The van der Waals surface area contributed by atoms with Crippen LogP contribution in [0.2, 0.25) is 0 Å². The summed E-state index contributed by atoms with van der Waals surface area (Å²) < 4.78 is 10.8. The van der Waals surface area contributed by atoms with Gasteiger partial charge < -0.3 is 24.8 Å². The highest BCUT2D eigenvalue weighted by Gasteiger charge is 2.16. The SMILES string of the molecule is COc1cc(CNCC2CN(C)CCO2)ccc1O. The van der Waals surface area contributed by atoms with Crippen molar-refractivity contribution >= 4 is 0 Å². The molecule has 0 amide bonds.